The average Bonchev–Trinajstić information content (AvgIpc) is 3.68. The molecular weight excluding hydrogens is 697 g/mol. The van der Waals surface area contributed by atoms with E-state index in [9.17, 15) is 0 Å². The average molecular weight is 729 g/mol. The van der Waals surface area contributed by atoms with E-state index in [0.717, 1.165) is 83.0 Å². The molecule has 0 aliphatic carbocycles. The second kappa shape index (κ2) is 13.5. The minimum absolute atomic E-state index is 0.567. The van der Waals surface area contributed by atoms with Gasteiger partial charge in [-0.3, -0.25) is 0 Å². The molecule has 5 heteroatoms. The van der Waals surface area contributed by atoms with E-state index in [-0.39, 0.29) is 0 Å². The van der Waals surface area contributed by atoms with Gasteiger partial charge in [-0.1, -0.05) is 158 Å². The van der Waals surface area contributed by atoms with Gasteiger partial charge in [0.1, 0.15) is 11.2 Å². The molecule has 0 amide bonds. The first-order valence-corrected chi connectivity index (χ1v) is 19.0. The van der Waals surface area contributed by atoms with E-state index in [1.54, 1.807) is 0 Å². The quantitative estimate of drug-likeness (QED) is 0.160. The molecule has 0 unspecified atom stereocenters. The second-order valence-electron chi connectivity index (χ2n) is 14.2. The van der Waals surface area contributed by atoms with Crippen LogP contribution >= 0.6 is 0 Å². The maximum atomic E-state index is 6.60. The van der Waals surface area contributed by atoms with E-state index < -0.39 is 0 Å². The van der Waals surface area contributed by atoms with Gasteiger partial charge in [0.15, 0.2) is 17.5 Å². The number of rotatable bonds is 6. The SMILES string of the molecule is c1ccc(-c2nc(-c3ccccc3)nc(-c3cc(-c4cc(-c5ccccc5)c5c(ccc6ccccc65)n4)cc(-c4cccc5c4oc4ccccc45)c3)n2)cc1. The molecule has 57 heavy (non-hydrogen) atoms. The van der Waals surface area contributed by atoms with Crippen molar-refractivity contribution in [3.63, 3.8) is 0 Å². The standard InChI is InChI=1S/C52H32N4O/c1-4-15-33(16-5-1)44-32-46(53-45-28-27-34-17-10-11-22-40(34)48(44)45)38-29-37(41-24-14-25-43-42-23-12-13-26-47(42)57-49(41)43)30-39(31-38)52-55-50(35-18-6-2-7-19-35)54-51(56-52)36-20-8-3-9-21-36/h1-32H. The fraction of sp³-hybridized carbons (Fsp3) is 0. The zero-order chi connectivity index (χ0) is 37.7. The Morgan fingerprint density at radius 2 is 0.895 bits per heavy atom. The minimum atomic E-state index is 0.567. The Bertz CT molecular complexity index is 3230. The van der Waals surface area contributed by atoms with Crippen LogP contribution in [0.15, 0.2) is 199 Å². The van der Waals surface area contributed by atoms with Crippen molar-refractivity contribution in [2.45, 2.75) is 0 Å². The molecule has 0 N–H and O–H groups in total. The van der Waals surface area contributed by atoms with Crippen molar-refractivity contribution in [3.05, 3.63) is 194 Å². The van der Waals surface area contributed by atoms with Crippen LogP contribution in [0.3, 0.4) is 0 Å². The van der Waals surface area contributed by atoms with Crippen LogP contribution in [0.2, 0.25) is 0 Å². The fourth-order valence-corrected chi connectivity index (χ4v) is 7.97. The van der Waals surface area contributed by atoms with Crippen LogP contribution in [0.4, 0.5) is 0 Å². The molecule has 0 bridgehead atoms. The molecule has 11 rings (SSSR count). The number of aromatic nitrogens is 4. The number of benzene rings is 8. The minimum Gasteiger partial charge on any atom is -0.455 e. The van der Waals surface area contributed by atoms with Gasteiger partial charge in [-0.2, -0.15) is 0 Å². The molecule has 0 radical (unpaired) electrons. The Morgan fingerprint density at radius 1 is 0.333 bits per heavy atom. The van der Waals surface area contributed by atoms with Crippen LogP contribution in [-0.4, -0.2) is 19.9 Å². The normalized spacial score (nSPS) is 11.5. The number of pyridine rings is 1. The summed E-state index contributed by atoms with van der Waals surface area (Å²) in [5.74, 6) is 1.78. The first kappa shape index (κ1) is 32.7. The Balaban J connectivity index is 1.20. The Morgan fingerprint density at radius 3 is 1.61 bits per heavy atom. The maximum Gasteiger partial charge on any atom is 0.164 e. The monoisotopic (exact) mass is 728 g/mol. The highest BCUT2D eigenvalue weighted by Crippen LogP contribution is 2.41. The number of hydrogen-bond acceptors (Lipinski definition) is 5. The van der Waals surface area contributed by atoms with Gasteiger partial charge in [0.25, 0.3) is 0 Å². The van der Waals surface area contributed by atoms with E-state index in [2.05, 4.69) is 121 Å². The first-order chi connectivity index (χ1) is 28.2. The fourth-order valence-electron chi connectivity index (χ4n) is 7.97. The summed E-state index contributed by atoms with van der Waals surface area (Å²) in [4.78, 5) is 20.7. The summed E-state index contributed by atoms with van der Waals surface area (Å²) in [7, 11) is 0. The Kier molecular flexibility index (Phi) is 7.74. The third-order valence-corrected chi connectivity index (χ3v) is 10.7. The largest absolute Gasteiger partial charge is 0.455 e. The third-order valence-electron chi connectivity index (χ3n) is 10.7. The van der Waals surface area contributed by atoms with Gasteiger partial charge in [0.05, 0.1) is 11.2 Å². The van der Waals surface area contributed by atoms with Crippen molar-refractivity contribution in [2.75, 3.05) is 0 Å². The highest BCUT2D eigenvalue weighted by molar-refractivity contribution is 6.14. The van der Waals surface area contributed by atoms with Gasteiger partial charge in [0.2, 0.25) is 0 Å². The molecule has 11 aromatic rings. The molecule has 0 saturated heterocycles. The van der Waals surface area contributed by atoms with Crippen LogP contribution < -0.4 is 0 Å². The molecule has 0 saturated carbocycles. The molecule has 0 aliphatic heterocycles. The molecule has 3 heterocycles. The summed E-state index contributed by atoms with van der Waals surface area (Å²) < 4.78 is 6.60. The summed E-state index contributed by atoms with van der Waals surface area (Å²) >= 11 is 0. The van der Waals surface area contributed by atoms with Crippen molar-refractivity contribution in [2.24, 2.45) is 0 Å². The van der Waals surface area contributed by atoms with E-state index in [1.165, 1.54) is 10.8 Å². The van der Waals surface area contributed by atoms with Crippen LogP contribution in [0.25, 0.3) is 111 Å². The van der Waals surface area contributed by atoms with Crippen molar-refractivity contribution in [1.82, 2.24) is 19.9 Å². The van der Waals surface area contributed by atoms with Crippen molar-refractivity contribution in [1.29, 1.82) is 0 Å². The predicted molar refractivity (Wildman–Crippen MR) is 233 cm³/mol. The lowest BCUT2D eigenvalue weighted by Crippen LogP contribution is -2.00. The number of hydrogen-bond donors (Lipinski definition) is 0. The lowest BCUT2D eigenvalue weighted by Gasteiger charge is -2.15. The molecule has 5 nitrogen and oxygen atoms in total. The molecule has 0 atom stereocenters. The van der Waals surface area contributed by atoms with Gasteiger partial charge in [-0.05, 0) is 63.9 Å². The zero-order valence-corrected chi connectivity index (χ0v) is 30.7. The topological polar surface area (TPSA) is 64.7 Å². The van der Waals surface area contributed by atoms with Gasteiger partial charge < -0.3 is 4.42 Å². The number of fused-ring (bicyclic) bond motifs is 6. The summed E-state index contributed by atoms with van der Waals surface area (Å²) in [6.07, 6.45) is 0. The van der Waals surface area contributed by atoms with Gasteiger partial charge >= 0.3 is 0 Å². The summed E-state index contributed by atoms with van der Waals surface area (Å²) in [5, 5.41) is 5.63. The van der Waals surface area contributed by atoms with E-state index in [1.807, 2.05) is 72.8 Å². The van der Waals surface area contributed by atoms with Gasteiger partial charge in [-0.25, -0.2) is 19.9 Å². The molecule has 3 aromatic heterocycles. The predicted octanol–water partition coefficient (Wildman–Crippen LogP) is 13.5. The smallest absolute Gasteiger partial charge is 0.164 e. The summed E-state index contributed by atoms with van der Waals surface area (Å²) in [6.45, 7) is 0. The van der Waals surface area contributed by atoms with Crippen LogP contribution in [-0.2, 0) is 0 Å². The van der Waals surface area contributed by atoms with Crippen LogP contribution in [0.1, 0.15) is 0 Å². The molecule has 8 aromatic carbocycles. The zero-order valence-electron chi connectivity index (χ0n) is 30.7. The molecular formula is C52H32N4O. The van der Waals surface area contributed by atoms with E-state index in [4.69, 9.17) is 24.4 Å². The van der Waals surface area contributed by atoms with Gasteiger partial charge in [-0.15, -0.1) is 0 Å². The maximum absolute atomic E-state index is 6.60. The molecule has 266 valence electrons. The number of para-hydroxylation sites is 2. The third kappa shape index (κ3) is 5.81. The second-order valence-corrected chi connectivity index (χ2v) is 14.2. The Labute approximate surface area is 328 Å². The van der Waals surface area contributed by atoms with Crippen LogP contribution in [0, 0.1) is 0 Å². The van der Waals surface area contributed by atoms with Gasteiger partial charge in [0, 0.05) is 44.0 Å². The number of nitrogens with zero attached hydrogens (tertiary/aromatic N) is 4. The van der Waals surface area contributed by atoms with Crippen molar-refractivity contribution >= 4 is 43.6 Å². The van der Waals surface area contributed by atoms with E-state index >= 15 is 0 Å². The molecule has 0 aliphatic rings. The molecule has 0 fully saturated rings. The summed E-state index contributed by atoms with van der Waals surface area (Å²) in [5.41, 5.74) is 11.3. The lowest BCUT2D eigenvalue weighted by molar-refractivity contribution is 0.670. The first-order valence-electron chi connectivity index (χ1n) is 19.0. The van der Waals surface area contributed by atoms with E-state index in [0.29, 0.717) is 17.5 Å². The van der Waals surface area contributed by atoms with Crippen LogP contribution in [0.5, 0.6) is 0 Å². The molecule has 0 spiro atoms. The van der Waals surface area contributed by atoms with Crippen molar-refractivity contribution in [3.8, 4) is 67.7 Å². The number of furan rings is 1. The highest BCUT2D eigenvalue weighted by atomic mass is 16.3. The lowest BCUT2D eigenvalue weighted by atomic mass is 9.92. The highest BCUT2D eigenvalue weighted by Gasteiger charge is 2.19. The van der Waals surface area contributed by atoms with Crippen molar-refractivity contribution < 1.29 is 4.42 Å². The summed E-state index contributed by atoms with van der Waals surface area (Å²) in [6, 6.07) is 66.9. The Hall–Kier alpha value is -7.76.